The number of carbonyl (C=O) groups is 2. The summed E-state index contributed by atoms with van der Waals surface area (Å²) in [5, 5.41) is 9.18. The van der Waals surface area contributed by atoms with E-state index in [0.717, 1.165) is 11.3 Å². The largest absolute Gasteiger partial charge is 0.481 e. The van der Waals surface area contributed by atoms with E-state index >= 15 is 0 Å². The third-order valence-electron chi connectivity index (χ3n) is 5.51. The molecule has 1 N–H and O–H groups in total. The van der Waals surface area contributed by atoms with Crippen LogP contribution in [0.4, 0.5) is 0 Å². The van der Waals surface area contributed by atoms with Gasteiger partial charge >= 0.3 is 5.97 Å². The SMILES string of the molecule is CSc1ccc(-c2ccc(C=C3SC(=S)N(C4CCC(C(=O)O)CC4)C3=O)o2)cc1. The molecule has 1 saturated carbocycles. The number of nitrogens with zero attached hydrogens (tertiary/aromatic N) is 1. The predicted octanol–water partition coefficient (Wildman–Crippen LogP) is 5.51. The number of benzene rings is 1. The van der Waals surface area contributed by atoms with Crippen molar-refractivity contribution in [3.63, 3.8) is 0 Å². The summed E-state index contributed by atoms with van der Waals surface area (Å²) in [6, 6.07) is 11.8. The molecule has 0 radical (unpaired) electrons. The van der Waals surface area contributed by atoms with E-state index in [1.807, 2.05) is 42.7 Å². The van der Waals surface area contributed by atoms with Gasteiger partial charge in [0.2, 0.25) is 0 Å². The Balaban J connectivity index is 1.47. The Kier molecular flexibility index (Phi) is 6.36. The molecule has 1 amide bonds. The fourth-order valence-corrected chi connectivity index (χ4v) is 5.63. The molecule has 4 rings (SSSR count). The molecule has 0 bridgehead atoms. The van der Waals surface area contributed by atoms with Crippen molar-refractivity contribution in [3.8, 4) is 11.3 Å². The lowest BCUT2D eigenvalue weighted by Gasteiger charge is -2.32. The number of amides is 1. The van der Waals surface area contributed by atoms with Crippen molar-refractivity contribution < 1.29 is 19.1 Å². The summed E-state index contributed by atoms with van der Waals surface area (Å²) >= 11 is 8.42. The number of thiocarbonyl (C=S) groups is 1. The first-order valence-corrected chi connectivity index (χ1v) is 12.2. The van der Waals surface area contributed by atoms with E-state index in [9.17, 15) is 14.7 Å². The Hall–Kier alpha value is -2.03. The van der Waals surface area contributed by atoms with Crippen molar-refractivity contribution in [2.45, 2.75) is 36.6 Å². The number of hydrogen-bond donors (Lipinski definition) is 1. The molecule has 8 heteroatoms. The van der Waals surface area contributed by atoms with Gasteiger partial charge in [0.15, 0.2) is 0 Å². The van der Waals surface area contributed by atoms with Crippen molar-refractivity contribution >= 4 is 58.0 Å². The van der Waals surface area contributed by atoms with Crippen LogP contribution in [0.1, 0.15) is 31.4 Å². The fourth-order valence-electron chi connectivity index (χ4n) is 3.85. The van der Waals surface area contributed by atoms with Gasteiger partial charge in [0.05, 0.1) is 10.8 Å². The summed E-state index contributed by atoms with van der Waals surface area (Å²) in [5.41, 5.74) is 0.982. The molecule has 1 aliphatic heterocycles. The zero-order valence-corrected chi connectivity index (χ0v) is 18.8. The number of carboxylic acid groups (broad SMARTS) is 1. The van der Waals surface area contributed by atoms with Gasteiger partial charge in [-0.3, -0.25) is 14.5 Å². The minimum absolute atomic E-state index is 0.0267. The molecule has 2 heterocycles. The third-order valence-corrected chi connectivity index (χ3v) is 7.58. The summed E-state index contributed by atoms with van der Waals surface area (Å²) in [6.07, 6.45) is 6.25. The van der Waals surface area contributed by atoms with Gasteiger partial charge in [0.1, 0.15) is 15.8 Å². The topological polar surface area (TPSA) is 70.8 Å². The minimum Gasteiger partial charge on any atom is -0.481 e. The Morgan fingerprint density at radius 1 is 1.20 bits per heavy atom. The molecule has 0 spiro atoms. The number of hydrogen-bond acceptors (Lipinski definition) is 6. The zero-order valence-electron chi connectivity index (χ0n) is 16.4. The maximum absolute atomic E-state index is 13.0. The molecule has 30 heavy (non-hydrogen) atoms. The monoisotopic (exact) mass is 459 g/mol. The van der Waals surface area contributed by atoms with Gasteiger partial charge < -0.3 is 9.52 Å². The van der Waals surface area contributed by atoms with Crippen molar-refractivity contribution in [2.75, 3.05) is 6.26 Å². The Bertz CT molecular complexity index is 1000. The third kappa shape index (κ3) is 4.36. The molecule has 0 unspecified atom stereocenters. The molecule has 0 atom stereocenters. The molecular weight excluding hydrogens is 438 g/mol. The lowest BCUT2D eigenvalue weighted by molar-refractivity contribution is -0.143. The molecule has 1 aromatic heterocycles. The highest BCUT2D eigenvalue weighted by atomic mass is 32.2. The van der Waals surface area contributed by atoms with E-state index in [2.05, 4.69) is 0 Å². The predicted molar refractivity (Wildman–Crippen MR) is 124 cm³/mol. The minimum atomic E-state index is -0.754. The van der Waals surface area contributed by atoms with Gasteiger partial charge in [-0.2, -0.15) is 0 Å². The van der Waals surface area contributed by atoms with Crippen molar-refractivity contribution in [1.29, 1.82) is 0 Å². The van der Waals surface area contributed by atoms with Crippen LogP contribution in [0.3, 0.4) is 0 Å². The van der Waals surface area contributed by atoms with Gasteiger partial charge in [-0.1, -0.05) is 36.1 Å². The summed E-state index contributed by atoms with van der Waals surface area (Å²) in [5.74, 6) is 0.161. The Labute approximate surface area is 188 Å². The van der Waals surface area contributed by atoms with Crippen LogP contribution in [-0.2, 0) is 9.59 Å². The molecule has 2 aliphatic rings. The quantitative estimate of drug-likeness (QED) is 0.359. The molecule has 1 aromatic carbocycles. The molecule has 2 fully saturated rings. The maximum atomic E-state index is 13.0. The van der Waals surface area contributed by atoms with Crippen molar-refractivity contribution in [1.82, 2.24) is 4.90 Å². The first-order chi connectivity index (χ1) is 14.5. The van der Waals surface area contributed by atoms with E-state index in [1.165, 1.54) is 16.7 Å². The maximum Gasteiger partial charge on any atom is 0.306 e. The molecule has 156 valence electrons. The normalized spacial score (nSPS) is 23.4. The molecular formula is C22H21NO4S3. The van der Waals surface area contributed by atoms with Crippen LogP contribution in [0.15, 0.2) is 50.6 Å². The summed E-state index contributed by atoms with van der Waals surface area (Å²) in [7, 11) is 0. The van der Waals surface area contributed by atoms with Gasteiger partial charge in [-0.25, -0.2) is 0 Å². The number of furan rings is 1. The van der Waals surface area contributed by atoms with E-state index in [4.69, 9.17) is 16.6 Å². The summed E-state index contributed by atoms with van der Waals surface area (Å²) in [4.78, 5) is 27.5. The van der Waals surface area contributed by atoms with Gasteiger partial charge in [0, 0.05) is 22.6 Å². The second-order valence-corrected chi connectivity index (χ2v) is 9.88. The van der Waals surface area contributed by atoms with Crippen LogP contribution < -0.4 is 0 Å². The molecule has 1 saturated heterocycles. The average Bonchev–Trinajstić information content (AvgIpc) is 3.32. The van der Waals surface area contributed by atoms with E-state index in [1.54, 1.807) is 22.7 Å². The zero-order chi connectivity index (χ0) is 21.3. The fraction of sp³-hybridized carbons (Fsp3) is 0.318. The van der Waals surface area contributed by atoms with Gasteiger partial charge in [-0.05, 0) is 56.2 Å². The number of carboxylic acids is 1. The second-order valence-electron chi connectivity index (χ2n) is 7.33. The lowest BCUT2D eigenvalue weighted by atomic mass is 9.85. The number of thioether (sulfide) groups is 2. The van der Waals surface area contributed by atoms with Crippen LogP contribution in [0.25, 0.3) is 17.4 Å². The van der Waals surface area contributed by atoms with Crippen LogP contribution in [0, 0.1) is 5.92 Å². The molecule has 2 aromatic rings. The Morgan fingerprint density at radius 3 is 2.53 bits per heavy atom. The number of carbonyl (C=O) groups excluding carboxylic acids is 1. The molecule has 5 nitrogen and oxygen atoms in total. The van der Waals surface area contributed by atoms with Crippen molar-refractivity contribution in [2.24, 2.45) is 5.92 Å². The van der Waals surface area contributed by atoms with Crippen LogP contribution in [0.5, 0.6) is 0 Å². The number of rotatable bonds is 5. The Morgan fingerprint density at radius 2 is 1.90 bits per heavy atom. The first kappa shape index (κ1) is 21.2. The van der Waals surface area contributed by atoms with E-state index in [0.29, 0.717) is 40.7 Å². The molecule has 1 aliphatic carbocycles. The highest BCUT2D eigenvalue weighted by Crippen LogP contribution is 2.38. The van der Waals surface area contributed by atoms with Crippen LogP contribution in [0.2, 0.25) is 0 Å². The standard InChI is InChI=1S/C22H21NO4S3/c1-29-17-9-4-13(5-10-17)18-11-8-16(27-18)12-19-20(24)23(22(28)30-19)15-6-2-14(3-7-15)21(25)26/h4-5,8-12,14-15H,2-3,6-7H2,1H3,(H,25,26). The average molecular weight is 460 g/mol. The smallest absolute Gasteiger partial charge is 0.306 e. The van der Waals surface area contributed by atoms with Crippen LogP contribution in [-0.4, -0.2) is 38.5 Å². The highest BCUT2D eigenvalue weighted by Gasteiger charge is 2.39. The summed E-state index contributed by atoms with van der Waals surface area (Å²) < 4.78 is 6.47. The van der Waals surface area contributed by atoms with Crippen LogP contribution >= 0.6 is 35.7 Å². The summed E-state index contributed by atoms with van der Waals surface area (Å²) in [6.45, 7) is 0. The van der Waals surface area contributed by atoms with E-state index in [-0.39, 0.29) is 17.9 Å². The first-order valence-electron chi connectivity index (χ1n) is 9.70. The van der Waals surface area contributed by atoms with E-state index < -0.39 is 5.97 Å². The highest BCUT2D eigenvalue weighted by molar-refractivity contribution is 8.26. The second kappa shape index (κ2) is 8.99. The lowest BCUT2D eigenvalue weighted by Crippen LogP contribution is -2.41. The van der Waals surface area contributed by atoms with Crippen molar-refractivity contribution in [3.05, 3.63) is 47.1 Å². The van der Waals surface area contributed by atoms with Gasteiger partial charge in [-0.15, -0.1) is 11.8 Å². The van der Waals surface area contributed by atoms with Gasteiger partial charge in [0.25, 0.3) is 5.91 Å². The number of aliphatic carboxylic acids is 1.